The third kappa shape index (κ3) is 1.82. The van der Waals surface area contributed by atoms with Crippen molar-refractivity contribution in [2.45, 2.75) is 26.1 Å². The van der Waals surface area contributed by atoms with Gasteiger partial charge in [0.25, 0.3) is 0 Å². The van der Waals surface area contributed by atoms with E-state index in [1.165, 1.54) is 0 Å². The third-order valence-electron chi connectivity index (χ3n) is 1.86. The highest BCUT2D eigenvalue weighted by Crippen LogP contribution is 2.22. The number of aliphatic hydroxyl groups excluding tert-OH is 1. The lowest BCUT2D eigenvalue weighted by atomic mass is 10.0. The summed E-state index contributed by atoms with van der Waals surface area (Å²) < 4.78 is 4.98. The largest absolute Gasteiger partial charge is 0.368 e. The summed E-state index contributed by atoms with van der Waals surface area (Å²) in [5, 5.41) is 9.16. The van der Waals surface area contributed by atoms with Crippen LogP contribution in [-0.4, -0.2) is 18.0 Å². The molecule has 1 N–H and O–H groups in total. The van der Waals surface area contributed by atoms with Gasteiger partial charge in [-0.3, -0.25) is 0 Å². The molecule has 1 aliphatic heterocycles. The predicted octanol–water partition coefficient (Wildman–Crippen LogP) is 1.31. The quantitative estimate of drug-likeness (QED) is 0.589. The molecule has 1 fully saturated rings. The monoisotopic (exact) mass is 142 g/mol. The summed E-state index contributed by atoms with van der Waals surface area (Å²) >= 11 is 0. The Balaban J connectivity index is 2.26. The molecule has 0 bridgehead atoms. The molecule has 1 saturated heterocycles. The van der Waals surface area contributed by atoms with Crippen LogP contribution in [0.1, 0.15) is 19.8 Å². The number of aliphatic hydroxyl groups is 1. The number of allylic oxidation sites excluding steroid dienone is 2. The van der Waals surface area contributed by atoms with Gasteiger partial charge in [0, 0.05) is 5.92 Å². The van der Waals surface area contributed by atoms with Gasteiger partial charge in [0.2, 0.25) is 0 Å². The van der Waals surface area contributed by atoms with Crippen molar-refractivity contribution < 1.29 is 9.84 Å². The Hall–Kier alpha value is -0.340. The van der Waals surface area contributed by atoms with Crippen LogP contribution in [-0.2, 0) is 4.74 Å². The van der Waals surface area contributed by atoms with Gasteiger partial charge in [-0.25, -0.2) is 0 Å². The zero-order chi connectivity index (χ0) is 7.40. The molecule has 0 radical (unpaired) electrons. The molecule has 0 spiro atoms. The third-order valence-corrected chi connectivity index (χ3v) is 1.86. The first kappa shape index (κ1) is 7.76. The molecule has 2 atom stereocenters. The number of hydrogen-bond donors (Lipinski definition) is 1. The van der Waals surface area contributed by atoms with Crippen molar-refractivity contribution >= 4 is 0 Å². The fraction of sp³-hybridized carbons (Fsp3) is 0.750. The van der Waals surface area contributed by atoms with Crippen LogP contribution in [0, 0.1) is 5.92 Å². The van der Waals surface area contributed by atoms with Gasteiger partial charge in [0.05, 0.1) is 6.61 Å². The second-order valence-electron chi connectivity index (χ2n) is 2.61. The first-order chi connectivity index (χ1) is 4.84. The molecule has 58 valence electrons. The summed E-state index contributed by atoms with van der Waals surface area (Å²) in [4.78, 5) is 0. The van der Waals surface area contributed by atoms with Crippen molar-refractivity contribution in [2.24, 2.45) is 5.92 Å². The Labute approximate surface area is 61.5 Å². The van der Waals surface area contributed by atoms with Crippen LogP contribution in [0.4, 0.5) is 0 Å². The normalized spacial score (nSPS) is 33.8. The van der Waals surface area contributed by atoms with E-state index in [9.17, 15) is 0 Å². The highest BCUT2D eigenvalue weighted by molar-refractivity contribution is 4.82. The van der Waals surface area contributed by atoms with E-state index in [-0.39, 0.29) is 0 Å². The Morgan fingerprint density at radius 1 is 1.70 bits per heavy atom. The van der Waals surface area contributed by atoms with Crippen molar-refractivity contribution in [1.82, 2.24) is 0 Å². The SMILES string of the molecule is C/C=C/CC1CCOC1O. The summed E-state index contributed by atoms with van der Waals surface area (Å²) in [6, 6.07) is 0. The minimum absolute atomic E-state index is 0.330. The molecule has 0 aromatic rings. The molecule has 1 rings (SSSR count). The van der Waals surface area contributed by atoms with Crippen molar-refractivity contribution in [2.75, 3.05) is 6.61 Å². The molecule has 0 aromatic carbocycles. The maximum atomic E-state index is 9.16. The molecule has 0 aromatic heterocycles. The Morgan fingerprint density at radius 3 is 3.00 bits per heavy atom. The van der Waals surface area contributed by atoms with E-state index in [2.05, 4.69) is 6.08 Å². The lowest BCUT2D eigenvalue weighted by Crippen LogP contribution is -2.13. The van der Waals surface area contributed by atoms with Crippen molar-refractivity contribution in [3.05, 3.63) is 12.2 Å². The van der Waals surface area contributed by atoms with Crippen LogP contribution in [0.25, 0.3) is 0 Å². The fourth-order valence-corrected chi connectivity index (χ4v) is 1.16. The topological polar surface area (TPSA) is 29.5 Å². The molecular formula is C8H14O2. The van der Waals surface area contributed by atoms with Crippen LogP contribution >= 0.6 is 0 Å². The summed E-state index contributed by atoms with van der Waals surface area (Å²) in [6.07, 6.45) is 5.49. The first-order valence-corrected chi connectivity index (χ1v) is 3.75. The standard InChI is InChI=1S/C8H14O2/c1-2-3-4-7-5-6-10-8(7)9/h2-3,7-9H,4-6H2,1H3/b3-2+. The lowest BCUT2D eigenvalue weighted by Gasteiger charge is -2.08. The maximum absolute atomic E-state index is 9.16. The van der Waals surface area contributed by atoms with Crippen molar-refractivity contribution in [3.8, 4) is 0 Å². The molecular weight excluding hydrogens is 128 g/mol. The highest BCUT2D eigenvalue weighted by atomic mass is 16.6. The molecule has 2 unspecified atom stereocenters. The Morgan fingerprint density at radius 2 is 2.50 bits per heavy atom. The van der Waals surface area contributed by atoms with Gasteiger partial charge in [0.15, 0.2) is 6.29 Å². The van der Waals surface area contributed by atoms with Crippen molar-refractivity contribution in [1.29, 1.82) is 0 Å². The van der Waals surface area contributed by atoms with Crippen LogP contribution in [0.5, 0.6) is 0 Å². The van der Waals surface area contributed by atoms with Crippen molar-refractivity contribution in [3.63, 3.8) is 0 Å². The molecule has 2 nitrogen and oxygen atoms in total. The van der Waals surface area contributed by atoms with Gasteiger partial charge in [-0.2, -0.15) is 0 Å². The smallest absolute Gasteiger partial charge is 0.157 e. The fourth-order valence-electron chi connectivity index (χ4n) is 1.16. The molecule has 0 aliphatic carbocycles. The summed E-state index contributed by atoms with van der Waals surface area (Å²) in [6.45, 7) is 2.70. The molecule has 10 heavy (non-hydrogen) atoms. The van der Waals surface area contributed by atoms with E-state index in [1.54, 1.807) is 0 Å². The van der Waals surface area contributed by atoms with Crippen LogP contribution in [0.2, 0.25) is 0 Å². The molecule has 2 heteroatoms. The second kappa shape index (κ2) is 3.74. The van der Waals surface area contributed by atoms with Gasteiger partial charge in [-0.05, 0) is 19.8 Å². The van der Waals surface area contributed by atoms with Gasteiger partial charge < -0.3 is 9.84 Å². The lowest BCUT2D eigenvalue weighted by molar-refractivity contribution is -0.0814. The zero-order valence-electron chi connectivity index (χ0n) is 6.29. The van der Waals surface area contributed by atoms with Crippen LogP contribution in [0.15, 0.2) is 12.2 Å². The van der Waals surface area contributed by atoms with E-state index < -0.39 is 6.29 Å². The van der Waals surface area contributed by atoms with E-state index in [1.807, 2.05) is 13.0 Å². The minimum atomic E-state index is -0.517. The van der Waals surface area contributed by atoms with Gasteiger partial charge in [-0.1, -0.05) is 12.2 Å². The van der Waals surface area contributed by atoms with E-state index in [0.29, 0.717) is 12.5 Å². The summed E-state index contributed by atoms with van der Waals surface area (Å²) in [5.41, 5.74) is 0. The number of hydrogen-bond acceptors (Lipinski definition) is 2. The molecule has 0 amide bonds. The van der Waals surface area contributed by atoms with E-state index >= 15 is 0 Å². The maximum Gasteiger partial charge on any atom is 0.157 e. The highest BCUT2D eigenvalue weighted by Gasteiger charge is 2.24. The average Bonchev–Trinajstić information content (AvgIpc) is 2.31. The minimum Gasteiger partial charge on any atom is -0.368 e. The van der Waals surface area contributed by atoms with Gasteiger partial charge in [-0.15, -0.1) is 0 Å². The number of ether oxygens (including phenoxy) is 1. The van der Waals surface area contributed by atoms with Crippen LogP contribution < -0.4 is 0 Å². The van der Waals surface area contributed by atoms with E-state index in [4.69, 9.17) is 9.84 Å². The second-order valence-corrected chi connectivity index (χ2v) is 2.61. The summed E-state index contributed by atoms with van der Waals surface area (Å²) in [5.74, 6) is 0.330. The number of rotatable bonds is 2. The molecule has 1 aliphatic rings. The van der Waals surface area contributed by atoms with Crippen LogP contribution in [0.3, 0.4) is 0 Å². The zero-order valence-corrected chi connectivity index (χ0v) is 6.29. The Kier molecular flexibility index (Phi) is 2.90. The molecule has 1 heterocycles. The van der Waals surface area contributed by atoms with Gasteiger partial charge in [0.1, 0.15) is 0 Å². The predicted molar refractivity (Wildman–Crippen MR) is 39.5 cm³/mol. The van der Waals surface area contributed by atoms with Gasteiger partial charge >= 0.3 is 0 Å². The Bertz CT molecular complexity index is 120. The average molecular weight is 142 g/mol. The summed E-state index contributed by atoms with van der Waals surface area (Å²) in [7, 11) is 0. The molecule has 0 saturated carbocycles. The van der Waals surface area contributed by atoms with E-state index in [0.717, 1.165) is 12.8 Å². The first-order valence-electron chi connectivity index (χ1n) is 3.75.